The second-order valence-corrected chi connectivity index (χ2v) is 8.49. The van der Waals surface area contributed by atoms with Crippen molar-refractivity contribution in [3.63, 3.8) is 0 Å². The fraction of sp³-hybridized carbons (Fsp3) is 0.824. The van der Waals surface area contributed by atoms with E-state index < -0.39 is 5.97 Å². The van der Waals surface area contributed by atoms with Crippen LogP contribution in [-0.2, 0) is 4.79 Å². The van der Waals surface area contributed by atoms with Crippen molar-refractivity contribution in [2.75, 3.05) is 0 Å². The predicted molar refractivity (Wildman–Crippen MR) is 82.2 cm³/mol. The topological polar surface area (TPSA) is 37.3 Å². The van der Waals surface area contributed by atoms with Crippen molar-refractivity contribution in [2.24, 2.45) is 22.2 Å². The number of carbonyl (C=O) groups is 1. The molecule has 0 aliphatic rings. The number of rotatable bonds is 6. The molecule has 0 spiro atoms. The zero-order valence-electron chi connectivity index (χ0n) is 14.0. The lowest BCUT2D eigenvalue weighted by atomic mass is 9.74. The van der Waals surface area contributed by atoms with Crippen molar-refractivity contribution in [3.05, 3.63) is 12.2 Å². The van der Waals surface area contributed by atoms with Crippen LogP contribution in [0.15, 0.2) is 12.2 Å². The highest BCUT2D eigenvalue weighted by molar-refractivity contribution is 5.69. The molecule has 0 aliphatic heterocycles. The van der Waals surface area contributed by atoms with Crippen LogP contribution >= 0.6 is 0 Å². The van der Waals surface area contributed by atoms with Crippen molar-refractivity contribution in [1.29, 1.82) is 0 Å². The Morgan fingerprint density at radius 3 is 1.79 bits per heavy atom. The van der Waals surface area contributed by atoms with Crippen LogP contribution in [0.3, 0.4) is 0 Å². The van der Waals surface area contributed by atoms with E-state index in [9.17, 15) is 4.79 Å². The third-order valence-corrected chi connectivity index (χ3v) is 3.23. The van der Waals surface area contributed by atoms with Crippen LogP contribution in [0.25, 0.3) is 0 Å². The van der Waals surface area contributed by atoms with E-state index in [1.807, 2.05) is 0 Å². The van der Waals surface area contributed by atoms with Gasteiger partial charge in [0.25, 0.3) is 0 Å². The van der Waals surface area contributed by atoms with Crippen molar-refractivity contribution in [2.45, 2.75) is 68.2 Å². The smallest absolute Gasteiger partial charge is 0.306 e. The lowest BCUT2D eigenvalue weighted by molar-refractivity contribution is -0.141. The van der Waals surface area contributed by atoms with Gasteiger partial charge < -0.3 is 5.11 Å². The van der Waals surface area contributed by atoms with Crippen LogP contribution in [0.2, 0.25) is 0 Å². The first-order valence-corrected chi connectivity index (χ1v) is 7.17. The van der Waals surface area contributed by atoms with Crippen LogP contribution in [-0.4, -0.2) is 11.1 Å². The summed E-state index contributed by atoms with van der Waals surface area (Å²) in [5, 5.41) is 9.00. The molecule has 0 rings (SSSR count). The average molecular weight is 268 g/mol. The van der Waals surface area contributed by atoms with Crippen LogP contribution in [0.4, 0.5) is 0 Å². The van der Waals surface area contributed by atoms with Gasteiger partial charge in [0, 0.05) is 0 Å². The molecule has 0 fully saturated rings. The zero-order chi connectivity index (χ0) is 15.5. The van der Waals surface area contributed by atoms with Gasteiger partial charge in [0.15, 0.2) is 0 Å². The van der Waals surface area contributed by atoms with Gasteiger partial charge in [-0.2, -0.15) is 0 Å². The molecule has 0 amide bonds. The van der Waals surface area contributed by atoms with Gasteiger partial charge in [0.2, 0.25) is 0 Å². The Balaban J connectivity index is 4.72. The largest absolute Gasteiger partial charge is 0.481 e. The minimum atomic E-state index is -0.713. The van der Waals surface area contributed by atoms with E-state index >= 15 is 0 Å². The third-order valence-electron chi connectivity index (χ3n) is 3.23. The number of allylic oxidation sites excluding steroid dienone is 2. The summed E-state index contributed by atoms with van der Waals surface area (Å²) in [6.07, 6.45) is 6.23. The minimum Gasteiger partial charge on any atom is -0.481 e. The highest BCUT2D eigenvalue weighted by Gasteiger charge is 2.26. The first-order valence-electron chi connectivity index (χ1n) is 7.17. The summed E-state index contributed by atoms with van der Waals surface area (Å²) in [7, 11) is 0. The van der Waals surface area contributed by atoms with E-state index in [0.29, 0.717) is 11.8 Å². The fourth-order valence-electron chi connectivity index (χ4n) is 2.82. The lowest BCUT2D eigenvalue weighted by Crippen LogP contribution is -2.22. The van der Waals surface area contributed by atoms with Crippen molar-refractivity contribution in [1.82, 2.24) is 0 Å². The van der Waals surface area contributed by atoms with Crippen molar-refractivity contribution >= 4 is 5.97 Å². The number of carboxylic acid groups (broad SMARTS) is 1. The van der Waals surface area contributed by atoms with Crippen molar-refractivity contribution < 1.29 is 9.90 Å². The van der Waals surface area contributed by atoms with E-state index in [0.717, 1.165) is 6.42 Å². The molecule has 0 aromatic carbocycles. The quantitative estimate of drug-likeness (QED) is 0.677. The van der Waals surface area contributed by atoms with Crippen LogP contribution < -0.4 is 0 Å². The highest BCUT2D eigenvalue weighted by atomic mass is 16.4. The molecule has 2 heteroatoms. The number of hydrogen-bond donors (Lipinski definition) is 1. The maximum absolute atomic E-state index is 10.9. The molecule has 0 aliphatic carbocycles. The van der Waals surface area contributed by atoms with E-state index in [1.165, 1.54) is 0 Å². The summed E-state index contributed by atoms with van der Waals surface area (Å²) in [6.45, 7) is 17.2. The predicted octanol–water partition coefficient (Wildman–Crippen LogP) is 5.14. The number of carboxylic acids is 1. The van der Waals surface area contributed by atoms with E-state index in [4.69, 9.17) is 5.11 Å². The molecule has 0 saturated heterocycles. The van der Waals surface area contributed by atoms with Gasteiger partial charge in [-0.1, -0.05) is 67.5 Å². The molecule has 2 nitrogen and oxygen atoms in total. The molecule has 1 N–H and O–H groups in total. The maximum atomic E-state index is 10.9. The SMILES string of the molecule is CC(CC(C)(C)/C=C/C(C)(C)CC(C)(C)C)C(=O)O. The Bertz CT molecular complexity index is 330. The Kier molecular flexibility index (Phi) is 5.85. The van der Waals surface area contributed by atoms with Gasteiger partial charge in [-0.05, 0) is 29.1 Å². The summed E-state index contributed by atoms with van der Waals surface area (Å²) >= 11 is 0. The average Bonchev–Trinajstić information content (AvgIpc) is 2.10. The third kappa shape index (κ3) is 8.85. The molecular weight excluding hydrogens is 236 g/mol. The molecule has 1 unspecified atom stereocenters. The number of hydrogen-bond acceptors (Lipinski definition) is 1. The molecule has 0 aromatic rings. The maximum Gasteiger partial charge on any atom is 0.306 e. The minimum absolute atomic E-state index is 0.0764. The molecule has 19 heavy (non-hydrogen) atoms. The molecule has 0 saturated carbocycles. The van der Waals surface area contributed by atoms with Crippen LogP contribution in [0.5, 0.6) is 0 Å². The van der Waals surface area contributed by atoms with Gasteiger partial charge in [-0.25, -0.2) is 0 Å². The first kappa shape index (κ1) is 18.2. The standard InChI is InChI=1S/C17H32O2/c1-13(14(18)19)11-16(5,6)9-10-17(7,8)12-15(2,3)4/h9-10,13H,11-12H2,1-8H3,(H,18,19)/b10-9+. The van der Waals surface area contributed by atoms with Gasteiger partial charge in [0.05, 0.1) is 5.92 Å². The summed E-state index contributed by atoms with van der Waals surface area (Å²) in [6, 6.07) is 0. The normalized spacial score (nSPS) is 15.8. The Labute approximate surface area is 119 Å². The van der Waals surface area contributed by atoms with Crippen LogP contribution in [0, 0.1) is 22.2 Å². The molecule has 1 atom stereocenters. The molecule has 112 valence electrons. The molecule has 0 bridgehead atoms. The molecule has 0 radical (unpaired) electrons. The van der Waals surface area contributed by atoms with E-state index in [1.54, 1.807) is 6.92 Å². The Morgan fingerprint density at radius 2 is 1.42 bits per heavy atom. The summed E-state index contributed by atoms with van der Waals surface area (Å²) in [5.74, 6) is -1.01. The number of aliphatic carboxylic acids is 1. The lowest BCUT2D eigenvalue weighted by Gasteiger charge is -2.31. The van der Waals surface area contributed by atoms with Gasteiger partial charge in [0.1, 0.15) is 0 Å². The first-order chi connectivity index (χ1) is 8.24. The van der Waals surface area contributed by atoms with E-state index in [-0.39, 0.29) is 16.7 Å². The summed E-state index contributed by atoms with van der Waals surface area (Å²) < 4.78 is 0. The van der Waals surface area contributed by atoms with Gasteiger partial charge in [-0.3, -0.25) is 4.79 Å². The fourth-order valence-corrected chi connectivity index (χ4v) is 2.82. The Morgan fingerprint density at radius 1 is 1.00 bits per heavy atom. The summed E-state index contributed by atoms with van der Waals surface area (Å²) in [5.41, 5.74) is 0.362. The monoisotopic (exact) mass is 268 g/mol. The van der Waals surface area contributed by atoms with E-state index in [2.05, 4.69) is 60.6 Å². The Hall–Kier alpha value is -0.790. The van der Waals surface area contributed by atoms with Crippen LogP contribution in [0.1, 0.15) is 68.2 Å². The van der Waals surface area contributed by atoms with Gasteiger partial charge in [-0.15, -0.1) is 0 Å². The second kappa shape index (κ2) is 6.11. The van der Waals surface area contributed by atoms with Crippen molar-refractivity contribution in [3.8, 4) is 0 Å². The second-order valence-electron chi connectivity index (χ2n) is 8.49. The highest BCUT2D eigenvalue weighted by Crippen LogP contribution is 2.36. The molecular formula is C17H32O2. The molecule has 0 aromatic heterocycles. The van der Waals surface area contributed by atoms with Gasteiger partial charge >= 0.3 is 5.97 Å². The zero-order valence-corrected chi connectivity index (χ0v) is 14.0. The summed E-state index contributed by atoms with van der Waals surface area (Å²) in [4.78, 5) is 10.9. The molecule has 0 heterocycles.